The fraction of sp³-hybridized carbons (Fsp3) is 0.471. The van der Waals surface area contributed by atoms with Crippen molar-refractivity contribution in [2.24, 2.45) is 0 Å². The van der Waals surface area contributed by atoms with E-state index in [1.807, 2.05) is 0 Å². The van der Waals surface area contributed by atoms with Crippen LogP contribution in [-0.4, -0.2) is 16.7 Å². The van der Waals surface area contributed by atoms with Crippen LogP contribution in [0.1, 0.15) is 46.8 Å². The van der Waals surface area contributed by atoms with Crippen molar-refractivity contribution in [1.29, 1.82) is 0 Å². The SMILES string of the molecule is Cc1cc(C)c(-c2n[nH]c(C3CCCN3)c2C)c(C)c1. The quantitative estimate of drug-likeness (QED) is 0.872. The maximum Gasteiger partial charge on any atom is 0.0958 e. The normalized spacial score (nSPS) is 18.7. The summed E-state index contributed by atoms with van der Waals surface area (Å²) in [4.78, 5) is 0. The molecule has 1 aliphatic rings. The van der Waals surface area contributed by atoms with Gasteiger partial charge in [-0.1, -0.05) is 17.7 Å². The molecule has 1 fully saturated rings. The van der Waals surface area contributed by atoms with Crippen molar-refractivity contribution in [3.05, 3.63) is 40.1 Å². The molecule has 2 aromatic rings. The second-order valence-corrected chi connectivity index (χ2v) is 6.03. The predicted molar refractivity (Wildman–Crippen MR) is 82.9 cm³/mol. The Morgan fingerprint density at radius 1 is 1.10 bits per heavy atom. The summed E-state index contributed by atoms with van der Waals surface area (Å²) >= 11 is 0. The Morgan fingerprint density at radius 3 is 2.40 bits per heavy atom. The van der Waals surface area contributed by atoms with Gasteiger partial charge in [-0.25, -0.2) is 0 Å². The molecule has 0 aliphatic carbocycles. The molecule has 0 saturated carbocycles. The minimum absolute atomic E-state index is 0.447. The number of aromatic amines is 1. The van der Waals surface area contributed by atoms with Crippen LogP contribution >= 0.6 is 0 Å². The molecule has 0 bridgehead atoms. The minimum atomic E-state index is 0.447. The number of H-pyrrole nitrogens is 1. The first kappa shape index (κ1) is 13.4. The molecule has 0 amide bonds. The smallest absolute Gasteiger partial charge is 0.0958 e. The third-order valence-electron chi connectivity index (χ3n) is 4.37. The number of hydrogen-bond acceptors (Lipinski definition) is 2. The van der Waals surface area contributed by atoms with E-state index in [1.165, 1.54) is 46.4 Å². The van der Waals surface area contributed by atoms with Crippen molar-refractivity contribution in [1.82, 2.24) is 15.5 Å². The van der Waals surface area contributed by atoms with Gasteiger partial charge in [0.1, 0.15) is 0 Å². The van der Waals surface area contributed by atoms with Crippen LogP contribution in [0.15, 0.2) is 12.1 Å². The Labute approximate surface area is 120 Å². The second kappa shape index (κ2) is 5.06. The van der Waals surface area contributed by atoms with E-state index in [-0.39, 0.29) is 0 Å². The van der Waals surface area contributed by atoms with Crippen LogP contribution in [0, 0.1) is 27.7 Å². The lowest BCUT2D eigenvalue weighted by atomic mass is 9.94. The molecule has 1 saturated heterocycles. The van der Waals surface area contributed by atoms with Crippen LogP contribution in [0.5, 0.6) is 0 Å². The van der Waals surface area contributed by atoms with Crippen LogP contribution in [0.3, 0.4) is 0 Å². The highest BCUT2D eigenvalue weighted by Crippen LogP contribution is 2.33. The highest BCUT2D eigenvalue weighted by Gasteiger charge is 2.23. The Bertz CT molecular complexity index is 611. The summed E-state index contributed by atoms with van der Waals surface area (Å²) in [5, 5.41) is 11.4. The lowest BCUT2D eigenvalue weighted by Crippen LogP contribution is -2.14. The lowest BCUT2D eigenvalue weighted by Gasteiger charge is -2.12. The molecular weight excluding hydrogens is 246 g/mol. The van der Waals surface area contributed by atoms with Gasteiger partial charge in [0.2, 0.25) is 0 Å². The van der Waals surface area contributed by atoms with Gasteiger partial charge in [0.15, 0.2) is 0 Å². The van der Waals surface area contributed by atoms with Gasteiger partial charge in [0, 0.05) is 11.6 Å². The van der Waals surface area contributed by atoms with Gasteiger partial charge >= 0.3 is 0 Å². The average Bonchev–Trinajstić information content (AvgIpc) is 2.99. The van der Waals surface area contributed by atoms with Crippen molar-refractivity contribution in [2.75, 3.05) is 6.54 Å². The van der Waals surface area contributed by atoms with Crippen LogP contribution < -0.4 is 5.32 Å². The van der Waals surface area contributed by atoms with Crippen molar-refractivity contribution < 1.29 is 0 Å². The summed E-state index contributed by atoms with van der Waals surface area (Å²) < 4.78 is 0. The molecule has 3 rings (SSSR count). The highest BCUT2D eigenvalue weighted by molar-refractivity contribution is 5.71. The molecule has 2 N–H and O–H groups in total. The van der Waals surface area contributed by atoms with Gasteiger partial charge in [-0.3, -0.25) is 5.10 Å². The van der Waals surface area contributed by atoms with E-state index in [9.17, 15) is 0 Å². The molecule has 20 heavy (non-hydrogen) atoms. The maximum absolute atomic E-state index is 4.62. The van der Waals surface area contributed by atoms with E-state index in [2.05, 4.69) is 55.3 Å². The first-order valence-electron chi connectivity index (χ1n) is 7.44. The van der Waals surface area contributed by atoms with Crippen molar-refractivity contribution in [3.8, 4) is 11.3 Å². The lowest BCUT2D eigenvalue weighted by molar-refractivity contribution is 0.622. The molecule has 1 aromatic carbocycles. The zero-order valence-corrected chi connectivity index (χ0v) is 12.8. The molecule has 1 unspecified atom stereocenters. The summed E-state index contributed by atoms with van der Waals surface area (Å²) in [7, 11) is 0. The summed E-state index contributed by atoms with van der Waals surface area (Å²) in [6.07, 6.45) is 2.45. The van der Waals surface area contributed by atoms with E-state index in [0.717, 1.165) is 12.2 Å². The molecule has 0 radical (unpaired) electrons. The largest absolute Gasteiger partial charge is 0.309 e. The Balaban J connectivity index is 2.07. The van der Waals surface area contributed by atoms with Crippen molar-refractivity contribution >= 4 is 0 Å². The van der Waals surface area contributed by atoms with E-state index in [0.29, 0.717) is 6.04 Å². The van der Waals surface area contributed by atoms with Gasteiger partial charge in [-0.2, -0.15) is 5.10 Å². The molecule has 3 heteroatoms. The zero-order chi connectivity index (χ0) is 14.3. The summed E-state index contributed by atoms with van der Waals surface area (Å²) in [6, 6.07) is 4.93. The topological polar surface area (TPSA) is 40.7 Å². The van der Waals surface area contributed by atoms with Gasteiger partial charge in [-0.15, -0.1) is 0 Å². The number of aromatic nitrogens is 2. The van der Waals surface area contributed by atoms with Gasteiger partial charge in [0.05, 0.1) is 11.4 Å². The van der Waals surface area contributed by atoms with E-state index in [1.54, 1.807) is 0 Å². The van der Waals surface area contributed by atoms with E-state index >= 15 is 0 Å². The number of aryl methyl sites for hydroxylation is 3. The number of rotatable bonds is 2. The van der Waals surface area contributed by atoms with Gasteiger partial charge < -0.3 is 5.32 Å². The molecular formula is C17H23N3. The first-order chi connectivity index (χ1) is 9.58. The van der Waals surface area contributed by atoms with E-state index < -0.39 is 0 Å². The molecule has 106 valence electrons. The third-order valence-corrected chi connectivity index (χ3v) is 4.37. The average molecular weight is 269 g/mol. The summed E-state index contributed by atoms with van der Waals surface area (Å²) in [5.74, 6) is 0. The standard InChI is InChI=1S/C17H23N3/c1-10-8-11(2)15(12(3)9-10)17-13(4)16(19-20-17)14-6-5-7-18-14/h8-9,14,18H,5-7H2,1-4H3,(H,19,20). The zero-order valence-electron chi connectivity index (χ0n) is 12.8. The second-order valence-electron chi connectivity index (χ2n) is 6.03. The maximum atomic E-state index is 4.62. The molecule has 1 aliphatic heterocycles. The minimum Gasteiger partial charge on any atom is -0.309 e. The van der Waals surface area contributed by atoms with Crippen LogP contribution in [0.4, 0.5) is 0 Å². The molecule has 0 spiro atoms. The molecule has 2 heterocycles. The molecule has 1 atom stereocenters. The number of nitrogens with one attached hydrogen (secondary N) is 2. The number of benzene rings is 1. The fourth-order valence-electron chi connectivity index (χ4n) is 3.48. The summed E-state index contributed by atoms with van der Waals surface area (Å²) in [5.41, 5.74) is 8.88. The van der Waals surface area contributed by atoms with E-state index in [4.69, 9.17) is 0 Å². The van der Waals surface area contributed by atoms with Crippen LogP contribution in [-0.2, 0) is 0 Å². The first-order valence-corrected chi connectivity index (χ1v) is 7.44. The highest BCUT2D eigenvalue weighted by atomic mass is 15.1. The van der Waals surface area contributed by atoms with Crippen molar-refractivity contribution in [3.63, 3.8) is 0 Å². The molecule has 3 nitrogen and oxygen atoms in total. The van der Waals surface area contributed by atoms with Crippen LogP contribution in [0.25, 0.3) is 11.3 Å². The Morgan fingerprint density at radius 2 is 1.80 bits per heavy atom. The fourth-order valence-corrected chi connectivity index (χ4v) is 3.48. The van der Waals surface area contributed by atoms with Crippen molar-refractivity contribution in [2.45, 2.75) is 46.6 Å². The van der Waals surface area contributed by atoms with Crippen LogP contribution in [0.2, 0.25) is 0 Å². The monoisotopic (exact) mass is 269 g/mol. The Kier molecular flexibility index (Phi) is 3.38. The third kappa shape index (κ3) is 2.16. The number of hydrogen-bond donors (Lipinski definition) is 2. The van der Waals surface area contributed by atoms with Gasteiger partial charge in [-0.05, 0) is 63.8 Å². The van der Waals surface area contributed by atoms with Gasteiger partial charge in [0.25, 0.3) is 0 Å². The summed E-state index contributed by atoms with van der Waals surface area (Å²) in [6.45, 7) is 9.80. The number of nitrogens with zero attached hydrogens (tertiary/aromatic N) is 1. The Hall–Kier alpha value is -1.61. The molecule has 1 aromatic heterocycles. The predicted octanol–water partition coefficient (Wildman–Crippen LogP) is 3.73.